The van der Waals surface area contributed by atoms with Crippen LogP contribution in [0.25, 0.3) is 0 Å². The Labute approximate surface area is 295 Å². The smallest absolute Gasteiger partial charge is 0.325 e. The molecule has 0 spiro atoms. The molecule has 1 aliphatic heterocycles. The molecule has 3 aromatic carbocycles. The number of carbonyl (C=O) groups excluding carboxylic acids is 3. The zero-order chi connectivity index (χ0) is 36.1. The first kappa shape index (κ1) is 38.2. The summed E-state index contributed by atoms with van der Waals surface area (Å²) >= 11 is 0. The number of benzene rings is 3. The quantitative estimate of drug-likeness (QED) is 0.164. The van der Waals surface area contributed by atoms with Crippen molar-refractivity contribution >= 4 is 39.0 Å². The Balaban J connectivity index is 1.65. The molecule has 0 radical (unpaired) electrons. The highest BCUT2D eigenvalue weighted by Crippen LogP contribution is 2.48. The Hall–Kier alpha value is -4.58. The largest absolute Gasteiger partial charge is 0.493 e. The van der Waals surface area contributed by atoms with E-state index in [1.807, 2.05) is 30.3 Å². The third-order valence-electron chi connectivity index (χ3n) is 8.82. The van der Waals surface area contributed by atoms with Gasteiger partial charge in [-0.3, -0.25) is 14.4 Å². The van der Waals surface area contributed by atoms with Gasteiger partial charge in [0.15, 0.2) is 27.9 Å². The molecule has 0 aliphatic carbocycles. The summed E-state index contributed by atoms with van der Waals surface area (Å²) < 4.78 is 45.2. The topological polar surface area (TPSA) is 140 Å². The van der Waals surface area contributed by atoms with Crippen molar-refractivity contribution in [1.29, 1.82) is 0 Å². The number of unbranched alkanes of at least 4 members (excludes halogenated alkanes) is 2. The molecule has 2 amide bonds. The number of esters is 1. The summed E-state index contributed by atoms with van der Waals surface area (Å²) in [4.78, 5) is 40.4. The molecule has 3 aromatic rings. The molecule has 0 saturated carbocycles. The van der Waals surface area contributed by atoms with E-state index in [-0.39, 0.29) is 35.3 Å². The monoisotopic (exact) mass is 707 g/mol. The van der Waals surface area contributed by atoms with E-state index < -0.39 is 45.7 Å². The lowest BCUT2D eigenvalue weighted by atomic mass is 9.79. The molecule has 2 N–H and O–H groups in total. The molecule has 0 bridgehead atoms. The highest BCUT2D eigenvalue weighted by molar-refractivity contribution is 7.91. The van der Waals surface area contributed by atoms with Crippen LogP contribution in [0.3, 0.4) is 0 Å². The van der Waals surface area contributed by atoms with Crippen LogP contribution < -0.4 is 25.0 Å². The Kier molecular flexibility index (Phi) is 13.7. The van der Waals surface area contributed by atoms with Gasteiger partial charge in [0, 0.05) is 29.8 Å². The second-order valence-corrected chi connectivity index (χ2v) is 14.5. The fourth-order valence-electron chi connectivity index (χ4n) is 6.34. The fraction of sp³-hybridized carbons (Fsp3) is 0.447. The Morgan fingerprint density at radius 2 is 1.54 bits per heavy atom. The molecular formula is C38H49N3O8S. The molecule has 1 aliphatic rings. The van der Waals surface area contributed by atoms with Crippen molar-refractivity contribution in [1.82, 2.24) is 10.6 Å². The third kappa shape index (κ3) is 9.77. The van der Waals surface area contributed by atoms with Crippen molar-refractivity contribution < 1.29 is 37.0 Å². The molecule has 4 rings (SSSR count). The lowest BCUT2D eigenvalue weighted by molar-refractivity contribution is -0.143. The van der Waals surface area contributed by atoms with Gasteiger partial charge in [-0.25, -0.2) is 8.42 Å². The summed E-state index contributed by atoms with van der Waals surface area (Å²) in [6.07, 6.45) is 5.29. The molecular weight excluding hydrogens is 658 g/mol. The predicted molar refractivity (Wildman–Crippen MR) is 192 cm³/mol. The van der Waals surface area contributed by atoms with E-state index in [4.69, 9.17) is 14.2 Å². The number of fused-ring (bicyclic) bond motifs is 1. The number of hydrogen-bond donors (Lipinski definition) is 2. The van der Waals surface area contributed by atoms with Gasteiger partial charge in [0.25, 0.3) is 5.91 Å². The Bertz CT molecular complexity index is 1690. The average Bonchev–Trinajstić information content (AvgIpc) is 3.22. The highest BCUT2D eigenvalue weighted by atomic mass is 32.2. The Morgan fingerprint density at radius 3 is 2.14 bits per heavy atom. The van der Waals surface area contributed by atoms with Crippen molar-refractivity contribution in [2.45, 2.75) is 70.2 Å². The molecule has 12 heteroatoms. The molecule has 11 nitrogen and oxygen atoms in total. The first-order chi connectivity index (χ1) is 24.1. The van der Waals surface area contributed by atoms with E-state index in [1.54, 1.807) is 43.3 Å². The van der Waals surface area contributed by atoms with Crippen LogP contribution in [-0.2, 0) is 29.0 Å². The summed E-state index contributed by atoms with van der Waals surface area (Å²) in [6.45, 7) is 5.69. The van der Waals surface area contributed by atoms with Crippen LogP contribution in [-0.4, -0.2) is 65.4 Å². The summed E-state index contributed by atoms with van der Waals surface area (Å²) in [6, 6.07) is 20.3. The van der Waals surface area contributed by atoms with Gasteiger partial charge in [0.2, 0.25) is 5.91 Å². The molecule has 0 aromatic heterocycles. The van der Waals surface area contributed by atoms with E-state index in [0.717, 1.165) is 44.2 Å². The number of methoxy groups -OCH3 is 1. The average molecular weight is 708 g/mol. The van der Waals surface area contributed by atoms with E-state index >= 15 is 0 Å². The van der Waals surface area contributed by atoms with Gasteiger partial charge < -0.3 is 29.7 Å². The van der Waals surface area contributed by atoms with Crippen LogP contribution in [0.5, 0.6) is 11.5 Å². The molecule has 1 heterocycles. The number of hydrogen-bond acceptors (Lipinski definition) is 9. The number of anilines is 2. The van der Waals surface area contributed by atoms with Crippen molar-refractivity contribution in [3.63, 3.8) is 0 Å². The van der Waals surface area contributed by atoms with Crippen molar-refractivity contribution in [2.24, 2.45) is 5.41 Å². The molecule has 50 heavy (non-hydrogen) atoms. The van der Waals surface area contributed by atoms with Crippen LogP contribution >= 0.6 is 0 Å². The number of amides is 2. The van der Waals surface area contributed by atoms with Gasteiger partial charge >= 0.3 is 5.97 Å². The molecule has 0 fully saturated rings. The zero-order valence-electron chi connectivity index (χ0n) is 29.4. The van der Waals surface area contributed by atoms with Gasteiger partial charge in [-0.05, 0) is 37.5 Å². The van der Waals surface area contributed by atoms with Gasteiger partial charge in [-0.15, -0.1) is 0 Å². The summed E-state index contributed by atoms with van der Waals surface area (Å²) in [5.74, 6) is -1.53. The van der Waals surface area contributed by atoms with Gasteiger partial charge in [-0.1, -0.05) is 88.1 Å². The van der Waals surface area contributed by atoms with Crippen LogP contribution in [0.2, 0.25) is 0 Å². The molecule has 0 unspecified atom stereocenters. The van der Waals surface area contributed by atoms with Crippen LogP contribution in [0.4, 0.5) is 11.4 Å². The van der Waals surface area contributed by atoms with E-state index in [9.17, 15) is 22.8 Å². The number of para-hydroxylation sites is 1. The second kappa shape index (κ2) is 17.9. The van der Waals surface area contributed by atoms with Gasteiger partial charge in [0.1, 0.15) is 12.6 Å². The first-order valence-corrected chi connectivity index (χ1v) is 18.9. The standard InChI is InChI=1S/C38H49N3O8S/c1-5-8-20-38(21-9-6-2)26-41(29-18-14-11-15-19-29)30-22-31(47-4)32(23-33(30)50(45,46)27-38)49-25-34(42)40-36(28-16-12-10-13-17-28)37(44)39-24-35(43)48-7-3/h10-19,22-23,36H,5-9,20-21,24-27H2,1-4H3,(H,39,44)(H,40,42)/t36-/m1/s1. The van der Waals surface area contributed by atoms with Crippen molar-refractivity contribution in [3.05, 3.63) is 78.4 Å². The maximum Gasteiger partial charge on any atom is 0.325 e. The minimum absolute atomic E-state index is 0.0117. The lowest BCUT2D eigenvalue weighted by Gasteiger charge is -2.37. The lowest BCUT2D eigenvalue weighted by Crippen LogP contribution is -2.43. The fourth-order valence-corrected chi connectivity index (χ4v) is 8.46. The number of nitrogens with zero attached hydrogens (tertiary/aromatic N) is 1. The summed E-state index contributed by atoms with van der Waals surface area (Å²) in [5.41, 5.74) is 1.37. The zero-order valence-corrected chi connectivity index (χ0v) is 30.2. The van der Waals surface area contributed by atoms with E-state index in [0.29, 0.717) is 17.8 Å². The summed E-state index contributed by atoms with van der Waals surface area (Å²) in [7, 11) is -2.37. The number of carbonyl (C=O) groups is 3. The second-order valence-electron chi connectivity index (χ2n) is 12.6. The summed E-state index contributed by atoms with van der Waals surface area (Å²) in [5, 5.41) is 5.17. The SMILES string of the molecule is CCCCC1(CCCC)CN(c2ccccc2)c2cc(OC)c(OCC(=O)N[C@@H](C(=O)NCC(=O)OCC)c3ccccc3)cc2S(=O)(=O)C1. The molecule has 1 atom stereocenters. The maximum atomic E-state index is 14.3. The van der Waals surface area contributed by atoms with Crippen molar-refractivity contribution in [2.75, 3.05) is 44.1 Å². The van der Waals surface area contributed by atoms with Crippen LogP contribution in [0.15, 0.2) is 77.7 Å². The van der Waals surface area contributed by atoms with Crippen molar-refractivity contribution in [3.8, 4) is 11.5 Å². The number of sulfone groups is 1. The molecule has 0 saturated heterocycles. The number of ether oxygens (including phenoxy) is 3. The minimum atomic E-state index is -3.83. The van der Waals surface area contributed by atoms with Gasteiger partial charge in [-0.2, -0.15) is 0 Å². The van der Waals surface area contributed by atoms with E-state index in [2.05, 4.69) is 29.4 Å². The highest BCUT2D eigenvalue weighted by Gasteiger charge is 2.42. The first-order valence-electron chi connectivity index (χ1n) is 17.2. The minimum Gasteiger partial charge on any atom is -0.493 e. The normalized spacial score (nSPS) is 15.2. The number of nitrogens with one attached hydrogen (secondary N) is 2. The van der Waals surface area contributed by atoms with Crippen LogP contribution in [0.1, 0.15) is 70.9 Å². The predicted octanol–water partition coefficient (Wildman–Crippen LogP) is 5.90. The molecule has 270 valence electrons. The van der Waals surface area contributed by atoms with Gasteiger partial charge in [0.05, 0.1) is 30.1 Å². The number of rotatable bonds is 17. The van der Waals surface area contributed by atoms with Crippen LogP contribution in [0, 0.1) is 5.41 Å². The Morgan fingerprint density at radius 1 is 0.900 bits per heavy atom. The van der Waals surface area contributed by atoms with E-state index in [1.165, 1.54) is 13.2 Å². The maximum absolute atomic E-state index is 14.3. The third-order valence-corrected chi connectivity index (χ3v) is 10.8.